The fourth-order valence-corrected chi connectivity index (χ4v) is 4.30. The molecule has 1 aromatic heterocycles. The van der Waals surface area contributed by atoms with Gasteiger partial charge in [0, 0.05) is 6.20 Å². The van der Waals surface area contributed by atoms with Gasteiger partial charge in [-0.3, -0.25) is 0 Å². The molecule has 0 spiro atoms. The molecule has 1 unspecified atom stereocenters. The molecule has 6 heteroatoms. The minimum Gasteiger partial charge on any atom is -0.223 e. The highest BCUT2D eigenvalue weighted by Crippen LogP contribution is 2.21. The van der Waals surface area contributed by atoms with E-state index in [0.29, 0.717) is 11.3 Å². The maximum atomic E-state index is 12.9. The van der Waals surface area contributed by atoms with Gasteiger partial charge in [-0.15, -0.1) is 10.2 Å². The summed E-state index contributed by atoms with van der Waals surface area (Å²) in [5.41, 5.74) is 1.56. The normalized spacial score (nSPS) is 13.5. The third kappa shape index (κ3) is 3.96. The van der Waals surface area contributed by atoms with Crippen LogP contribution in [-0.2, 0) is 9.84 Å². The molecule has 3 aromatic rings. The summed E-state index contributed by atoms with van der Waals surface area (Å²) in [6.07, 6.45) is 5.69. The first-order valence-corrected chi connectivity index (χ1v) is 9.94. The van der Waals surface area contributed by atoms with Crippen LogP contribution in [0.5, 0.6) is 0 Å². The molecular formula is C19H21N3O2S. The Balaban J connectivity index is 1.90. The summed E-state index contributed by atoms with van der Waals surface area (Å²) >= 11 is 0. The first-order valence-electron chi connectivity index (χ1n) is 8.40. The van der Waals surface area contributed by atoms with Crippen LogP contribution in [0.15, 0.2) is 65.6 Å². The van der Waals surface area contributed by atoms with Crippen molar-refractivity contribution in [3.8, 4) is 0 Å². The van der Waals surface area contributed by atoms with E-state index in [2.05, 4.69) is 17.1 Å². The summed E-state index contributed by atoms with van der Waals surface area (Å²) in [5.74, 6) is 0. The molecule has 1 atom stereocenters. The quantitative estimate of drug-likeness (QED) is 0.644. The minimum absolute atomic E-state index is 0.347. The van der Waals surface area contributed by atoms with Crippen molar-refractivity contribution in [3.63, 3.8) is 0 Å². The van der Waals surface area contributed by atoms with Crippen LogP contribution in [0.3, 0.4) is 0 Å². The van der Waals surface area contributed by atoms with E-state index < -0.39 is 15.1 Å². The molecule has 0 aliphatic heterocycles. The molecular weight excluding hydrogens is 334 g/mol. The molecule has 2 aromatic carbocycles. The average Bonchev–Trinajstić information content (AvgIpc) is 3.05. The van der Waals surface area contributed by atoms with E-state index in [1.54, 1.807) is 36.5 Å². The zero-order valence-electron chi connectivity index (χ0n) is 14.1. The highest BCUT2D eigenvalue weighted by atomic mass is 32.2. The number of benzene rings is 2. The van der Waals surface area contributed by atoms with Crippen LogP contribution < -0.4 is 0 Å². The number of rotatable bonds is 7. The largest absolute Gasteiger partial charge is 0.223 e. The van der Waals surface area contributed by atoms with Crippen molar-refractivity contribution in [2.45, 2.75) is 36.3 Å². The maximum Gasteiger partial charge on any atom is 0.184 e. The molecule has 0 amide bonds. The number of unbranched alkanes of at least 4 members (excludes halogenated alkanes) is 1. The van der Waals surface area contributed by atoms with Gasteiger partial charge in [0.15, 0.2) is 9.84 Å². The molecule has 1 heterocycles. The second-order valence-corrected chi connectivity index (χ2v) is 8.06. The Morgan fingerprint density at radius 2 is 1.60 bits per heavy atom. The Morgan fingerprint density at radius 3 is 2.20 bits per heavy atom. The first-order chi connectivity index (χ1) is 12.1. The zero-order valence-corrected chi connectivity index (χ0v) is 14.9. The third-order valence-electron chi connectivity index (χ3n) is 4.05. The lowest BCUT2D eigenvalue weighted by atomic mass is 10.2. The Morgan fingerprint density at radius 1 is 1.00 bits per heavy atom. The SMILES string of the molecule is CCCCC(/C=C/n1nc2ccccc2n1)S(=O)(=O)c1ccccc1. The van der Waals surface area contributed by atoms with Crippen molar-refractivity contribution in [1.82, 2.24) is 15.0 Å². The summed E-state index contributed by atoms with van der Waals surface area (Å²) in [4.78, 5) is 1.78. The average molecular weight is 355 g/mol. The number of hydrogen-bond donors (Lipinski definition) is 0. The summed E-state index contributed by atoms with van der Waals surface area (Å²) in [7, 11) is -3.43. The standard InChI is InChI=1S/C19H21N3O2S/c1-2-3-9-17(25(23,24)16-10-5-4-6-11-16)14-15-22-20-18-12-7-8-13-19(18)21-22/h4-8,10-15,17H,2-3,9H2,1H3/b15-14+. The Kier molecular flexibility index (Phi) is 5.28. The number of fused-ring (bicyclic) bond motifs is 1. The molecule has 130 valence electrons. The molecule has 0 saturated heterocycles. The topological polar surface area (TPSA) is 64.8 Å². The molecule has 0 aliphatic rings. The molecule has 0 aliphatic carbocycles. The van der Waals surface area contributed by atoms with Gasteiger partial charge >= 0.3 is 0 Å². The van der Waals surface area contributed by atoms with Crippen molar-refractivity contribution in [2.24, 2.45) is 0 Å². The molecule has 0 radical (unpaired) electrons. The van der Waals surface area contributed by atoms with Crippen LogP contribution in [0.2, 0.25) is 0 Å². The van der Waals surface area contributed by atoms with Gasteiger partial charge in [-0.25, -0.2) is 8.42 Å². The molecule has 0 saturated carbocycles. The fourth-order valence-electron chi connectivity index (χ4n) is 2.66. The van der Waals surface area contributed by atoms with Gasteiger partial charge in [0.25, 0.3) is 0 Å². The van der Waals surface area contributed by atoms with Crippen LogP contribution in [0.4, 0.5) is 0 Å². The molecule has 0 fully saturated rings. The van der Waals surface area contributed by atoms with Gasteiger partial charge < -0.3 is 0 Å². The van der Waals surface area contributed by atoms with Crippen molar-refractivity contribution in [1.29, 1.82) is 0 Å². The van der Waals surface area contributed by atoms with E-state index in [0.717, 1.165) is 23.9 Å². The van der Waals surface area contributed by atoms with E-state index in [9.17, 15) is 8.42 Å². The third-order valence-corrected chi connectivity index (χ3v) is 6.17. The zero-order chi connectivity index (χ0) is 17.7. The van der Waals surface area contributed by atoms with Crippen LogP contribution in [-0.4, -0.2) is 28.7 Å². The number of sulfone groups is 1. The lowest BCUT2D eigenvalue weighted by Gasteiger charge is -2.13. The summed E-state index contributed by atoms with van der Waals surface area (Å²) < 4.78 is 25.9. The second-order valence-electron chi connectivity index (χ2n) is 5.89. The van der Waals surface area contributed by atoms with Crippen LogP contribution in [0, 0.1) is 0 Å². The molecule has 5 nitrogen and oxygen atoms in total. The predicted octanol–water partition coefficient (Wildman–Crippen LogP) is 3.93. The van der Waals surface area contributed by atoms with Gasteiger partial charge in [0.05, 0.1) is 10.1 Å². The van der Waals surface area contributed by atoms with Crippen LogP contribution >= 0.6 is 0 Å². The van der Waals surface area contributed by atoms with E-state index in [1.807, 2.05) is 30.3 Å². The van der Waals surface area contributed by atoms with E-state index >= 15 is 0 Å². The van der Waals surface area contributed by atoms with E-state index in [4.69, 9.17) is 0 Å². The highest BCUT2D eigenvalue weighted by molar-refractivity contribution is 7.92. The molecule has 0 N–H and O–H groups in total. The molecule has 25 heavy (non-hydrogen) atoms. The van der Waals surface area contributed by atoms with Gasteiger partial charge in [-0.2, -0.15) is 4.80 Å². The van der Waals surface area contributed by atoms with Crippen molar-refractivity contribution in [2.75, 3.05) is 0 Å². The maximum absolute atomic E-state index is 12.9. The van der Waals surface area contributed by atoms with Crippen molar-refractivity contribution < 1.29 is 8.42 Å². The Labute approximate surface area is 147 Å². The first kappa shape index (κ1) is 17.4. The number of nitrogens with zero attached hydrogens (tertiary/aromatic N) is 3. The minimum atomic E-state index is -3.43. The Hall–Kier alpha value is -2.47. The Bertz CT molecular complexity index is 930. The van der Waals surface area contributed by atoms with Crippen LogP contribution in [0.1, 0.15) is 26.2 Å². The predicted molar refractivity (Wildman–Crippen MR) is 99.8 cm³/mol. The van der Waals surface area contributed by atoms with Gasteiger partial charge in [-0.05, 0) is 36.8 Å². The summed E-state index contributed by atoms with van der Waals surface area (Å²) in [6.45, 7) is 2.05. The van der Waals surface area contributed by atoms with E-state index in [1.165, 1.54) is 4.80 Å². The lowest BCUT2D eigenvalue weighted by molar-refractivity contribution is 0.579. The van der Waals surface area contributed by atoms with Crippen molar-refractivity contribution >= 4 is 27.1 Å². The fraction of sp³-hybridized carbons (Fsp3) is 0.263. The van der Waals surface area contributed by atoms with Crippen LogP contribution in [0.25, 0.3) is 17.2 Å². The number of aromatic nitrogens is 3. The van der Waals surface area contributed by atoms with Crippen molar-refractivity contribution in [3.05, 3.63) is 60.7 Å². The summed E-state index contributed by atoms with van der Waals surface area (Å²) in [6, 6.07) is 16.1. The van der Waals surface area contributed by atoms with Gasteiger partial charge in [0.1, 0.15) is 11.0 Å². The second kappa shape index (κ2) is 7.61. The monoisotopic (exact) mass is 355 g/mol. The van der Waals surface area contributed by atoms with E-state index in [-0.39, 0.29) is 0 Å². The number of hydrogen-bond acceptors (Lipinski definition) is 4. The van der Waals surface area contributed by atoms with Gasteiger partial charge in [0.2, 0.25) is 0 Å². The molecule has 0 bridgehead atoms. The smallest absolute Gasteiger partial charge is 0.184 e. The van der Waals surface area contributed by atoms with Gasteiger partial charge in [-0.1, -0.05) is 50.1 Å². The summed E-state index contributed by atoms with van der Waals surface area (Å²) in [5, 5.41) is 8.09. The molecule has 3 rings (SSSR count). The highest BCUT2D eigenvalue weighted by Gasteiger charge is 2.24. The lowest BCUT2D eigenvalue weighted by Crippen LogP contribution is -2.19.